The SMILES string of the molecule is CNC(C(=O)Nc1cccc(-c2n[nH]c(C3CC3)n2)c1)c1cnn(C)c1.Cl. The molecule has 2 heterocycles. The number of aromatic amines is 1. The molecule has 1 atom stereocenters. The van der Waals surface area contributed by atoms with Crippen molar-refractivity contribution in [1.29, 1.82) is 0 Å². The Kier molecular flexibility index (Phi) is 5.57. The molecule has 1 unspecified atom stereocenters. The molecule has 0 saturated heterocycles. The summed E-state index contributed by atoms with van der Waals surface area (Å²) in [6.45, 7) is 0. The Balaban J connectivity index is 0.00000210. The molecule has 3 aromatic rings. The van der Waals surface area contributed by atoms with Gasteiger partial charge in [0.05, 0.1) is 6.20 Å². The summed E-state index contributed by atoms with van der Waals surface area (Å²) in [6, 6.07) is 7.08. The van der Waals surface area contributed by atoms with E-state index < -0.39 is 6.04 Å². The summed E-state index contributed by atoms with van der Waals surface area (Å²) in [7, 11) is 3.57. The highest BCUT2D eigenvalue weighted by atomic mass is 35.5. The summed E-state index contributed by atoms with van der Waals surface area (Å²) < 4.78 is 1.67. The van der Waals surface area contributed by atoms with Crippen LogP contribution in [0.5, 0.6) is 0 Å². The van der Waals surface area contributed by atoms with E-state index >= 15 is 0 Å². The summed E-state index contributed by atoms with van der Waals surface area (Å²) in [5.74, 6) is 1.97. The molecule has 0 bridgehead atoms. The molecule has 1 saturated carbocycles. The zero-order valence-electron chi connectivity index (χ0n) is 15.1. The van der Waals surface area contributed by atoms with Crippen molar-refractivity contribution in [3.05, 3.63) is 48.0 Å². The van der Waals surface area contributed by atoms with Gasteiger partial charge >= 0.3 is 0 Å². The molecule has 8 nitrogen and oxygen atoms in total. The largest absolute Gasteiger partial charge is 0.324 e. The first kappa shape index (κ1) is 19.1. The number of nitrogens with one attached hydrogen (secondary N) is 3. The minimum atomic E-state index is -0.475. The molecule has 0 spiro atoms. The van der Waals surface area contributed by atoms with Crippen LogP contribution in [0.15, 0.2) is 36.7 Å². The third-order valence-electron chi connectivity index (χ3n) is 4.46. The number of benzene rings is 1. The molecular weight excluding hydrogens is 366 g/mol. The number of nitrogens with zero attached hydrogens (tertiary/aromatic N) is 4. The van der Waals surface area contributed by atoms with Crippen molar-refractivity contribution in [1.82, 2.24) is 30.3 Å². The molecule has 1 fully saturated rings. The van der Waals surface area contributed by atoms with E-state index in [2.05, 4.69) is 30.9 Å². The van der Waals surface area contributed by atoms with E-state index in [-0.39, 0.29) is 18.3 Å². The Morgan fingerprint density at radius 1 is 1.37 bits per heavy atom. The number of aryl methyl sites for hydroxylation is 1. The first-order valence-corrected chi connectivity index (χ1v) is 8.63. The highest BCUT2D eigenvalue weighted by Gasteiger charge is 2.27. The number of anilines is 1. The fraction of sp³-hybridized carbons (Fsp3) is 0.333. The van der Waals surface area contributed by atoms with Gasteiger partial charge in [-0.05, 0) is 32.0 Å². The van der Waals surface area contributed by atoms with Crippen molar-refractivity contribution in [3.63, 3.8) is 0 Å². The lowest BCUT2D eigenvalue weighted by atomic mass is 10.1. The van der Waals surface area contributed by atoms with Crippen LogP contribution in [0.4, 0.5) is 5.69 Å². The molecule has 3 N–H and O–H groups in total. The number of carbonyl (C=O) groups excluding carboxylic acids is 1. The van der Waals surface area contributed by atoms with Crippen molar-refractivity contribution in [2.45, 2.75) is 24.8 Å². The minimum Gasteiger partial charge on any atom is -0.324 e. The number of hydrogen-bond acceptors (Lipinski definition) is 5. The molecule has 0 radical (unpaired) electrons. The van der Waals surface area contributed by atoms with Gasteiger partial charge in [-0.2, -0.15) is 10.2 Å². The quantitative estimate of drug-likeness (QED) is 0.603. The number of H-pyrrole nitrogens is 1. The highest BCUT2D eigenvalue weighted by molar-refractivity contribution is 5.95. The Labute approximate surface area is 163 Å². The van der Waals surface area contributed by atoms with Crippen LogP contribution in [0.2, 0.25) is 0 Å². The summed E-state index contributed by atoms with van der Waals surface area (Å²) in [5.41, 5.74) is 2.38. The van der Waals surface area contributed by atoms with Gasteiger partial charge < -0.3 is 10.6 Å². The van der Waals surface area contributed by atoms with E-state index in [4.69, 9.17) is 0 Å². The van der Waals surface area contributed by atoms with Crippen LogP contribution in [-0.4, -0.2) is 37.9 Å². The van der Waals surface area contributed by atoms with E-state index in [1.165, 1.54) is 12.8 Å². The number of carbonyl (C=O) groups is 1. The molecule has 4 rings (SSSR count). The maximum atomic E-state index is 12.7. The minimum absolute atomic E-state index is 0. The van der Waals surface area contributed by atoms with E-state index in [1.54, 1.807) is 17.9 Å². The van der Waals surface area contributed by atoms with Crippen LogP contribution in [0.1, 0.15) is 36.2 Å². The monoisotopic (exact) mass is 387 g/mol. The van der Waals surface area contributed by atoms with Crippen LogP contribution in [-0.2, 0) is 11.8 Å². The average molecular weight is 388 g/mol. The van der Waals surface area contributed by atoms with E-state index in [0.717, 1.165) is 17.0 Å². The second kappa shape index (κ2) is 7.89. The van der Waals surface area contributed by atoms with Gasteiger partial charge in [0.2, 0.25) is 5.91 Å². The fourth-order valence-electron chi connectivity index (χ4n) is 2.93. The fourth-order valence-corrected chi connectivity index (χ4v) is 2.93. The molecule has 142 valence electrons. The van der Waals surface area contributed by atoms with Gasteiger partial charge in [-0.25, -0.2) is 4.98 Å². The van der Waals surface area contributed by atoms with Gasteiger partial charge in [0.15, 0.2) is 5.82 Å². The third-order valence-corrected chi connectivity index (χ3v) is 4.46. The second-order valence-corrected chi connectivity index (χ2v) is 6.56. The second-order valence-electron chi connectivity index (χ2n) is 6.56. The van der Waals surface area contributed by atoms with Gasteiger partial charge in [0, 0.05) is 36.0 Å². The lowest BCUT2D eigenvalue weighted by Crippen LogP contribution is -2.30. The van der Waals surface area contributed by atoms with Gasteiger partial charge in [-0.15, -0.1) is 12.4 Å². The predicted molar refractivity (Wildman–Crippen MR) is 105 cm³/mol. The van der Waals surface area contributed by atoms with Crippen LogP contribution < -0.4 is 10.6 Å². The zero-order valence-corrected chi connectivity index (χ0v) is 16.0. The lowest BCUT2D eigenvalue weighted by molar-refractivity contribution is -0.118. The molecule has 1 amide bonds. The van der Waals surface area contributed by atoms with E-state index in [9.17, 15) is 4.79 Å². The van der Waals surface area contributed by atoms with Gasteiger partial charge in [0.1, 0.15) is 11.9 Å². The predicted octanol–water partition coefficient (Wildman–Crippen LogP) is 2.40. The van der Waals surface area contributed by atoms with Gasteiger partial charge in [-0.3, -0.25) is 14.6 Å². The third kappa shape index (κ3) is 4.17. The summed E-state index contributed by atoms with van der Waals surface area (Å²) in [6.07, 6.45) is 5.85. The summed E-state index contributed by atoms with van der Waals surface area (Å²) >= 11 is 0. The number of aromatic nitrogens is 5. The molecule has 0 aliphatic heterocycles. The molecule has 1 aliphatic carbocycles. The van der Waals surface area contributed by atoms with Crippen molar-refractivity contribution in [3.8, 4) is 11.4 Å². The van der Waals surface area contributed by atoms with Crippen molar-refractivity contribution < 1.29 is 4.79 Å². The summed E-state index contributed by atoms with van der Waals surface area (Å²) in [5, 5.41) is 17.4. The van der Waals surface area contributed by atoms with Crippen molar-refractivity contribution >= 4 is 24.0 Å². The maximum Gasteiger partial charge on any atom is 0.246 e. The van der Waals surface area contributed by atoms with Crippen LogP contribution >= 0.6 is 12.4 Å². The lowest BCUT2D eigenvalue weighted by Gasteiger charge is -2.14. The Morgan fingerprint density at radius 2 is 2.19 bits per heavy atom. The Hall–Kier alpha value is -2.71. The Morgan fingerprint density at radius 3 is 2.85 bits per heavy atom. The number of halogens is 1. The van der Waals surface area contributed by atoms with Crippen LogP contribution in [0.25, 0.3) is 11.4 Å². The van der Waals surface area contributed by atoms with Gasteiger partial charge in [0.25, 0.3) is 0 Å². The molecule has 27 heavy (non-hydrogen) atoms. The normalized spacial score (nSPS) is 14.4. The number of likely N-dealkylation sites (N-methyl/N-ethyl adjacent to an activating group) is 1. The molecule has 1 aliphatic rings. The van der Waals surface area contributed by atoms with Crippen molar-refractivity contribution in [2.24, 2.45) is 7.05 Å². The van der Waals surface area contributed by atoms with Crippen LogP contribution in [0.3, 0.4) is 0 Å². The topological polar surface area (TPSA) is 101 Å². The highest BCUT2D eigenvalue weighted by Crippen LogP contribution is 2.38. The number of hydrogen-bond donors (Lipinski definition) is 3. The van der Waals surface area contributed by atoms with Crippen molar-refractivity contribution in [2.75, 3.05) is 12.4 Å². The summed E-state index contributed by atoms with van der Waals surface area (Å²) in [4.78, 5) is 17.2. The maximum absolute atomic E-state index is 12.7. The molecule has 9 heteroatoms. The zero-order chi connectivity index (χ0) is 18.1. The standard InChI is InChI=1S/C18H21N7O.ClH/c1-19-15(13-9-20-25(2)10-13)18(26)21-14-5-3-4-12(8-14)17-22-16(23-24-17)11-6-7-11;/h3-5,8-11,15,19H,6-7H2,1-2H3,(H,21,26)(H,22,23,24);1H. The molecular formula is C18H22ClN7O. The first-order valence-electron chi connectivity index (χ1n) is 8.63. The Bertz CT molecular complexity index is 931. The average Bonchev–Trinajstić information content (AvgIpc) is 3.21. The first-order chi connectivity index (χ1) is 12.6. The van der Waals surface area contributed by atoms with E-state index in [1.807, 2.05) is 37.5 Å². The number of amides is 1. The molecule has 2 aromatic heterocycles. The smallest absolute Gasteiger partial charge is 0.246 e. The molecule has 1 aromatic carbocycles. The van der Waals surface area contributed by atoms with E-state index in [0.29, 0.717) is 17.4 Å². The van der Waals surface area contributed by atoms with Crippen LogP contribution in [0, 0.1) is 0 Å². The van der Waals surface area contributed by atoms with Gasteiger partial charge in [-0.1, -0.05) is 12.1 Å². The number of rotatable bonds is 6.